The Morgan fingerprint density at radius 1 is 1.10 bits per heavy atom. The molecule has 1 aromatic carbocycles. The minimum absolute atomic E-state index is 0.158. The Kier molecular flexibility index (Phi) is 6.34. The van der Waals surface area contributed by atoms with E-state index in [-0.39, 0.29) is 5.91 Å². The van der Waals surface area contributed by atoms with Gasteiger partial charge in [-0.1, -0.05) is 18.2 Å². The second-order valence-corrected chi connectivity index (χ2v) is 8.76. The van der Waals surface area contributed by atoms with Crippen LogP contribution in [0.5, 0.6) is 11.5 Å². The molecule has 9 heteroatoms. The standard InChI is InChI=1S/C22H22N4O3S2/c1-13-17-20(23-11-15-7-5-9-30-15)25-12-26-22(17)31-19(13)21(27)24-10-14-6-4-8-16(28-2)18(14)29-3/h4-9,12H,10-11H2,1-3H3,(H,24,27)(H,23,25,26). The van der Waals surface area contributed by atoms with Crippen molar-refractivity contribution < 1.29 is 14.3 Å². The van der Waals surface area contributed by atoms with Crippen LogP contribution in [0.3, 0.4) is 0 Å². The van der Waals surface area contributed by atoms with Crippen molar-refractivity contribution in [2.45, 2.75) is 20.0 Å². The third-order valence-corrected chi connectivity index (χ3v) is 6.94. The van der Waals surface area contributed by atoms with Crippen LogP contribution in [0.2, 0.25) is 0 Å². The Balaban J connectivity index is 1.55. The maximum Gasteiger partial charge on any atom is 0.261 e. The molecule has 0 spiro atoms. The SMILES string of the molecule is COc1cccc(CNC(=O)c2sc3ncnc(NCc4cccs4)c3c2C)c1OC. The number of nitrogens with one attached hydrogen (secondary N) is 2. The number of nitrogens with zero attached hydrogens (tertiary/aromatic N) is 2. The molecule has 0 aliphatic rings. The lowest BCUT2D eigenvalue weighted by atomic mass is 10.1. The lowest BCUT2D eigenvalue weighted by Gasteiger charge is -2.13. The van der Waals surface area contributed by atoms with Gasteiger partial charge in [0, 0.05) is 17.0 Å². The number of carbonyl (C=O) groups is 1. The second kappa shape index (κ2) is 9.32. The zero-order valence-electron chi connectivity index (χ0n) is 17.4. The van der Waals surface area contributed by atoms with Crippen LogP contribution in [0.25, 0.3) is 10.2 Å². The molecule has 2 N–H and O–H groups in total. The number of aryl methyl sites for hydroxylation is 1. The molecule has 0 fully saturated rings. The summed E-state index contributed by atoms with van der Waals surface area (Å²) in [5.74, 6) is 1.82. The Morgan fingerprint density at radius 3 is 2.71 bits per heavy atom. The first-order valence-corrected chi connectivity index (χ1v) is 11.3. The Bertz CT molecular complexity index is 1210. The second-order valence-electron chi connectivity index (χ2n) is 6.73. The maximum absolute atomic E-state index is 13.0. The number of amides is 1. The van der Waals surface area contributed by atoms with Crippen molar-refractivity contribution in [2.24, 2.45) is 0 Å². The molecule has 3 aromatic heterocycles. The molecule has 31 heavy (non-hydrogen) atoms. The number of ether oxygens (including phenoxy) is 2. The number of benzene rings is 1. The van der Waals surface area contributed by atoms with Crippen LogP contribution >= 0.6 is 22.7 Å². The fraction of sp³-hybridized carbons (Fsp3) is 0.227. The van der Waals surface area contributed by atoms with E-state index >= 15 is 0 Å². The average Bonchev–Trinajstić information content (AvgIpc) is 3.44. The number of hydrogen-bond acceptors (Lipinski definition) is 8. The van der Waals surface area contributed by atoms with Gasteiger partial charge >= 0.3 is 0 Å². The van der Waals surface area contributed by atoms with E-state index in [4.69, 9.17) is 9.47 Å². The molecule has 0 radical (unpaired) electrons. The van der Waals surface area contributed by atoms with E-state index in [9.17, 15) is 4.79 Å². The fourth-order valence-corrected chi connectivity index (χ4v) is 5.06. The van der Waals surface area contributed by atoms with Gasteiger partial charge in [-0.25, -0.2) is 9.97 Å². The average molecular weight is 455 g/mol. The molecule has 3 heterocycles. The van der Waals surface area contributed by atoms with E-state index in [1.54, 1.807) is 25.6 Å². The van der Waals surface area contributed by atoms with Crippen LogP contribution in [-0.2, 0) is 13.1 Å². The smallest absolute Gasteiger partial charge is 0.261 e. The fourth-order valence-electron chi connectivity index (χ4n) is 3.35. The van der Waals surface area contributed by atoms with Gasteiger partial charge in [-0.2, -0.15) is 0 Å². The van der Waals surface area contributed by atoms with Crippen molar-refractivity contribution in [3.8, 4) is 11.5 Å². The molecule has 0 aliphatic heterocycles. The predicted molar refractivity (Wildman–Crippen MR) is 125 cm³/mol. The number of aromatic nitrogens is 2. The molecule has 4 aromatic rings. The molecule has 0 atom stereocenters. The lowest BCUT2D eigenvalue weighted by molar-refractivity contribution is 0.0954. The first-order valence-electron chi connectivity index (χ1n) is 9.60. The Labute approximate surface area is 188 Å². The minimum Gasteiger partial charge on any atom is -0.493 e. The van der Waals surface area contributed by atoms with Gasteiger partial charge in [0.1, 0.15) is 17.0 Å². The number of fused-ring (bicyclic) bond motifs is 1. The minimum atomic E-state index is -0.158. The zero-order chi connectivity index (χ0) is 21.8. The number of rotatable bonds is 8. The monoisotopic (exact) mass is 454 g/mol. The van der Waals surface area contributed by atoms with E-state index in [1.165, 1.54) is 22.5 Å². The lowest BCUT2D eigenvalue weighted by Crippen LogP contribution is -2.22. The van der Waals surface area contributed by atoms with Crippen LogP contribution in [0.1, 0.15) is 25.7 Å². The summed E-state index contributed by atoms with van der Waals surface area (Å²) in [5, 5.41) is 9.28. The molecule has 0 unspecified atom stereocenters. The quantitative estimate of drug-likeness (QED) is 0.404. The van der Waals surface area contributed by atoms with Crippen molar-refractivity contribution in [1.29, 1.82) is 0 Å². The number of anilines is 1. The number of methoxy groups -OCH3 is 2. The largest absolute Gasteiger partial charge is 0.493 e. The van der Waals surface area contributed by atoms with Gasteiger partial charge in [0.15, 0.2) is 11.5 Å². The van der Waals surface area contributed by atoms with Crippen LogP contribution < -0.4 is 20.1 Å². The molecule has 0 saturated heterocycles. The highest BCUT2D eigenvalue weighted by Crippen LogP contribution is 2.34. The Morgan fingerprint density at radius 2 is 1.97 bits per heavy atom. The molecule has 0 saturated carbocycles. The van der Waals surface area contributed by atoms with E-state index in [0.29, 0.717) is 29.5 Å². The van der Waals surface area contributed by atoms with Gasteiger partial charge < -0.3 is 20.1 Å². The topological polar surface area (TPSA) is 85.4 Å². The highest BCUT2D eigenvalue weighted by molar-refractivity contribution is 7.20. The van der Waals surface area contributed by atoms with Crippen molar-refractivity contribution in [2.75, 3.05) is 19.5 Å². The number of carbonyl (C=O) groups excluding carboxylic acids is 1. The summed E-state index contributed by atoms with van der Waals surface area (Å²) in [6.45, 7) is 2.93. The first kappa shape index (κ1) is 21.1. The van der Waals surface area contributed by atoms with Gasteiger partial charge in [0.05, 0.1) is 31.0 Å². The summed E-state index contributed by atoms with van der Waals surface area (Å²) in [6.07, 6.45) is 1.53. The molecule has 7 nitrogen and oxygen atoms in total. The number of thiophene rings is 2. The summed E-state index contributed by atoms with van der Waals surface area (Å²) in [6, 6.07) is 9.69. The van der Waals surface area contributed by atoms with Crippen molar-refractivity contribution in [3.63, 3.8) is 0 Å². The molecular formula is C22H22N4O3S2. The van der Waals surface area contributed by atoms with E-state index in [0.717, 1.165) is 27.2 Å². The van der Waals surface area contributed by atoms with Crippen molar-refractivity contribution in [3.05, 3.63) is 62.9 Å². The van der Waals surface area contributed by atoms with E-state index in [2.05, 4.69) is 26.7 Å². The molecule has 0 bridgehead atoms. The third-order valence-electron chi connectivity index (χ3n) is 4.87. The summed E-state index contributed by atoms with van der Waals surface area (Å²) in [4.78, 5) is 24.4. The normalized spacial score (nSPS) is 10.8. The van der Waals surface area contributed by atoms with Crippen LogP contribution in [0.4, 0.5) is 5.82 Å². The molecule has 0 aliphatic carbocycles. The van der Waals surface area contributed by atoms with Gasteiger partial charge in [0.2, 0.25) is 0 Å². The molecular weight excluding hydrogens is 432 g/mol. The van der Waals surface area contributed by atoms with Gasteiger partial charge in [-0.15, -0.1) is 22.7 Å². The molecule has 1 amide bonds. The Hall–Kier alpha value is -3.17. The van der Waals surface area contributed by atoms with E-state index < -0.39 is 0 Å². The third kappa shape index (κ3) is 4.33. The van der Waals surface area contributed by atoms with Gasteiger partial charge in [0.25, 0.3) is 5.91 Å². The summed E-state index contributed by atoms with van der Waals surface area (Å²) >= 11 is 3.05. The summed E-state index contributed by atoms with van der Waals surface area (Å²) < 4.78 is 10.8. The number of hydrogen-bond donors (Lipinski definition) is 2. The van der Waals surface area contributed by atoms with Crippen molar-refractivity contribution in [1.82, 2.24) is 15.3 Å². The molecule has 4 rings (SSSR count). The molecule has 160 valence electrons. The van der Waals surface area contributed by atoms with Crippen LogP contribution in [-0.4, -0.2) is 30.1 Å². The first-order chi connectivity index (χ1) is 15.1. The van der Waals surface area contributed by atoms with E-state index in [1.807, 2.05) is 36.6 Å². The highest BCUT2D eigenvalue weighted by Gasteiger charge is 2.20. The maximum atomic E-state index is 13.0. The predicted octanol–water partition coefficient (Wildman–Crippen LogP) is 4.62. The summed E-state index contributed by atoms with van der Waals surface area (Å²) in [7, 11) is 3.18. The number of para-hydroxylation sites is 1. The zero-order valence-corrected chi connectivity index (χ0v) is 19.0. The highest BCUT2D eigenvalue weighted by atomic mass is 32.1. The van der Waals surface area contributed by atoms with Crippen molar-refractivity contribution >= 4 is 44.6 Å². The van der Waals surface area contributed by atoms with Crippen LogP contribution in [0, 0.1) is 6.92 Å². The van der Waals surface area contributed by atoms with Crippen LogP contribution in [0.15, 0.2) is 42.0 Å². The van der Waals surface area contributed by atoms with Gasteiger partial charge in [-0.05, 0) is 30.0 Å². The summed E-state index contributed by atoms with van der Waals surface area (Å²) in [5.41, 5.74) is 1.71. The van der Waals surface area contributed by atoms with Gasteiger partial charge in [-0.3, -0.25) is 4.79 Å².